The molecule has 0 radical (unpaired) electrons. The third kappa shape index (κ3) is 2.71. The van der Waals surface area contributed by atoms with Crippen LogP contribution in [0.2, 0.25) is 0 Å². The van der Waals surface area contributed by atoms with Crippen molar-refractivity contribution >= 4 is 29.4 Å². The fourth-order valence-electron chi connectivity index (χ4n) is 2.49. The number of benzene rings is 2. The fraction of sp³-hybridized carbons (Fsp3) is 0.0556. The van der Waals surface area contributed by atoms with Crippen LogP contribution in [0.5, 0.6) is 11.5 Å². The Balaban J connectivity index is 1.69. The Bertz CT molecular complexity index is 814. The molecule has 0 saturated carbocycles. The maximum atomic E-state index is 12.2. The molecule has 0 spiro atoms. The van der Waals surface area contributed by atoms with E-state index in [0.717, 1.165) is 16.3 Å². The second-order valence-electron chi connectivity index (χ2n) is 5.05. The summed E-state index contributed by atoms with van der Waals surface area (Å²) in [4.78, 5) is 14.0. The summed E-state index contributed by atoms with van der Waals surface area (Å²) < 4.78 is 10.8. The minimum absolute atomic E-state index is 0.0907. The van der Waals surface area contributed by atoms with E-state index in [1.165, 1.54) is 24.3 Å². The van der Waals surface area contributed by atoms with Crippen molar-refractivity contribution in [1.82, 2.24) is 0 Å². The van der Waals surface area contributed by atoms with E-state index >= 15 is 0 Å². The molecule has 0 atom stereocenters. The molecule has 1 saturated heterocycles. The van der Waals surface area contributed by atoms with Crippen molar-refractivity contribution in [2.24, 2.45) is 0 Å². The third-order valence-electron chi connectivity index (χ3n) is 3.53. The van der Waals surface area contributed by atoms with Crippen LogP contribution in [0.4, 0.5) is 5.69 Å². The van der Waals surface area contributed by atoms with Gasteiger partial charge in [-0.2, -0.15) is 0 Å². The van der Waals surface area contributed by atoms with E-state index in [9.17, 15) is 4.79 Å². The van der Waals surface area contributed by atoms with Gasteiger partial charge in [-0.25, -0.2) is 0 Å². The number of ether oxygens (including phenoxy) is 2. The van der Waals surface area contributed by atoms with E-state index < -0.39 is 0 Å². The molecule has 0 aromatic heterocycles. The average molecular weight is 323 g/mol. The van der Waals surface area contributed by atoms with Gasteiger partial charge in [0.25, 0.3) is 0 Å². The van der Waals surface area contributed by atoms with Crippen LogP contribution >= 0.6 is 11.8 Å². The molecule has 4 nitrogen and oxygen atoms in total. The van der Waals surface area contributed by atoms with Gasteiger partial charge in [-0.15, -0.1) is 0 Å². The van der Waals surface area contributed by atoms with Crippen LogP contribution in [0.1, 0.15) is 5.56 Å². The minimum atomic E-state index is 0.0907. The Morgan fingerprint density at radius 2 is 1.78 bits per heavy atom. The van der Waals surface area contributed by atoms with Gasteiger partial charge in [0.05, 0.1) is 10.8 Å². The van der Waals surface area contributed by atoms with Gasteiger partial charge in [-0.3, -0.25) is 9.69 Å². The standard InChI is InChI=1S/C18H13NO3S/c20-17-12-23-18(19(17)14-4-2-1-3-5-14)11-13-6-7-15-16(10-13)22-9-8-21-15/h1-11H,12H2. The molecule has 2 aliphatic rings. The van der Waals surface area contributed by atoms with Crippen LogP contribution < -0.4 is 14.4 Å². The van der Waals surface area contributed by atoms with Gasteiger partial charge in [0.1, 0.15) is 12.5 Å². The third-order valence-corrected chi connectivity index (χ3v) is 4.52. The summed E-state index contributed by atoms with van der Waals surface area (Å²) in [6.07, 6.45) is 5.00. The molecule has 2 heterocycles. The number of para-hydroxylation sites is 1. The number of amides is 1. The molecule has 2 aromatic carbocycles. The number of hydrogen-bond donors (Lipinski definition) is 0. The summed E-state index contributed by atoms with van der Waals surface area (Å²) in [6, 6.07) is 15.4. The predicted molar refractivity (Wildman–Crippen MR) is 91.2 cm³/mol. The maximum absolute atomic E-state index is 12.2. The number of rotatable bonds is 2. The number of nitrogens with zero attached hydrogens (tertiary/aromatic N) is 1. The van der Waals surface area contributed by atoms with Crippen LogP contribution in [-0.2, 0) is 4.79 Å². The summed E-state index contributed by atoms with van der Waals surface area (Å²) in [7, 11) is 0. The molecule has 4 rings (SSSR count). The first-order valence-corrected chi connectivity index (χ1v) is 8.15. The summed E-state index contributed by atoms with van der Waals surface area (Å²) in [5, 5.41) is 0.911. The lowest BCUT2D eigenvalue weighted by molar-refractivity contribution is -0.115. The van der Waals surface area contributed by atoms with Crippen molar-refractivity contribution in [3.63, 3.8) is 0 Å². The summed E-state index contributed by atoms with van der Waals surface area (Å²) >= 11 is 1.54. The molecule has 2 aliphatic heterocycles. The zero-order valence-corrected chi connectivity index (χ0v) is 13.0. The van der Waals surface area contributed by atoms with Gasteiger partial charge >= 0.3 is 0 Å². The summed E-state index contributed by atoms with van der Waals surface area (Å²) in [5.74, 6) is 1.90. The van der Waals surface area contributed by atoms with Gasteiger partial charge in [-0.1, -0.05) is 36.0 Å². The normalized spacial score (nSPS) is 17.8. The highest BCUT2D eigenvalue weighted by molar-refractivity contribution is 8.04. The van der Waals surface area contributed by atoms with Crippen molar-refractivity contribution in [2.45, 2.75) is 0 Å². The minimum Gasteiger partial charge on any atom is -0.458 e. The molecular formula is C18H13NO3S. The quantitative estimate of drug-likeness (QED) is 0.837. The monoisotopic (exact) mass is 323 g/mol. The predicted octanol–water partition coefficient (Wildman–Crippen LogP) is 4.01. The van der Waals surface area contributed by atoms with E-state index in [1.54, 1.807) is 4.90 Å². The van der Waals surface area contributed by atoms with Crippen molar-refractivity contribution in [3.8, 4) is 11.5 Å². The van der Waals surface area contributed by atoms with Gasteiger partial charge in [0, 0.05) is 5.69 Å². The highest BCUT2D eigenvalue weighted by atomic mass is 32.2. The van der Waals surface area contributed by atoms with Crippen LogP contribution in [0.3, 0.4) is 0 Å². The number of thioether (sulfide) groups is 1. The van der Waals surface area contributed by atoms with E-state index in [2.05, 4.69) is 0 Å². The molecule has 0 N–H and O–H groups in total. The Kier molecular flexibility index (Phi) is 3.55. The molecule has 1 amide bonds. The molecule has 2 aromatic rings. The maximum Gasteiger partial charge on any atom is 0.242 e. The van der Waals surface area contributed by atoms with E-state index in [-0.39, 0.29) is 5.91 Å². The second kappa shape index (κ2) is 5.85. The van der Waals surface area contributed by atoms with Crippen LogP contribution in [0.25, 0.3) is 6.08 Å². The van der Waals surface area contributed by atoms with Crippen molar-refractivity contribution < 1.29 is 14.3 Å². The number of carbonyl (C=O) groups is 1. The number of fused-ring (bicyclic) bond motifs is 1. The van der Waals surface area contributed by atoms with Gasteiger partial charge < -0.3 is 9.47 Å². The molecule has 1 fully saturated rings. The first-order chi connectivity index (χ1) is 11.3. The van der Waals surface area contributed by atoms with Gasteiger partial charge in [-0.05, 0) is 35.9 Å². The smallest absolute Gasteiger partial charge is 0.242 e. The zero-order chi connectivity index (χ0) is 15.6. The van der Waals surface area contributed by atoms with Crippen molar-refractivity contribution in [1.29, 1.82) is 0 Å². The molecular weight excluding hydrogens is 310 g/mol. The largest absolute Gasteiger partial charge is 0.458 e. The molecule has 0 aliphatic carbocycles. The van der Waals surface area contributed by atoms with E-state index in [0.29, 0.717) is 17.3 Å². The van der Waals surface area contributed by atoms with Gasteiger partial charge in [0.15, 0.2) is 11.5 Å². The van der Waals surface area contributed by atoms with Crippen LogP contribution in [0, 0.1) is 0 Å². The Morgan fingerprint density at radius 3 is 2.61 bits per heavy atom. The van der Waals surface area contributed by atoms with E-state index in [1.807, 2.05) is 54.6 Å². The lowest BCUT2D eigenvalue weighted by atomic mass is 10.2. The lowest BCUT2D eigenvalue weighted by Crippen LogP contribution is -2.23. The number of carbonyl (C=O) groups excluding carboxylic acids is 1. The van der Waals surface area contributed by atoms with Crippen LogP contribution in [-0.4, -0.2) is 11.7 Å². The van der Waals surface area contributed by atoms with Crippen molar-refractivity contribution in [3.05, 3.63) is 71.6 Å². The first-order valence-electron chi connectivity index (χ1n) is 7.16. The SMILES string of the molecule is O=C1CSC(=Cc2ccc3c(c2)OC=CO3)N1c1ccccc1. The fourth-order valence-corrected chi connectivity index (χ4v) is 3.45. The van der Waals surface area contributed by atoms with E-state index in [4.69, 9.17) is 9.47 Å². The lowest BCUT2D eigenvalue weighted by Gasteiger charge is -2.17. The Hall–Kier alpha value is -2.66. The Morgan fingerprint density at radius 1 is 1.00 bits per heavy atom. The molecule has 114 valence electrons. The van der Waals surface area contributed by atoms with Gasteiger partial charge in [0.2, 0.25) is 5.91 Å². The Labute approximate surface area is 138 Å². The topological polar surface area (TPSA) is 38.8 Å². The second-order valence-corrected chi connectivity index (χ2v) is 6.05. The molecule has 0 unspecified atom stereocenters. The van der Waals surface area contributed by atoms with Crippen molar-refractivity contribution in [2.75, 3.05) is 10.7 Å². The average Bonchev–Trinajstić information content (AvgIpc) is 2.96. The molecule has 5 heteroatoms. The highest BCUT2D eigenvalue weighted by Crippen LogP contribution is 2.37. The summed E-state index contributed by atoms with van der Waals surface area (Å²) in [5.41, 5.74) is 1.84. The molecule has 0 bridgehead atoms. The molecule has 23 heavy (non-hydrogen) atoms. The highest BCUT2D eigenvalue weighted by Gasteiger charge is 2.27. The first kappa shape index (κ1) is 14.0. The van der Waals surface area contributed by atoms with Crippen LogP contribution in [0.15, 0.2) is 66.1 Å². The number of hydrogen-bond acceptors (Lipinski definition) is 4. The number of anilines is 1. The summed E-state index contributed by atoms with van der Waals surface area (Å²) in [6.45, 7) is 0. The zero-order valence-electron chi connectivity index (χ0n) is 12.1.